The van der Waals surface area contributed by atoms with Gasteiger partial charge in [-0.15, -0.1) is 0 Å². The first-order valence-corrected chi connectivity index (χ1v) is 9.21. The van der Waals surface area contributed by atoms with E-state index in [0.717, 1.165) is 22.0 Å². The van der Waals surface area contributed by atoms with Crippen LogP contribution >= 0.6 is 0 Å². The number of aromatic hydroxyl groups is 1. The van der Waals surface area contributed by atoms with E-state index in [-0.39, 0.29) is 11.7 Å². The second kappa shape index (κ2) is 8.91. The van der Waals surface area contributed by atoms with Crippen LogP contribution in [0.25, 0.3) is 16.3 Å². The second-order valence-corrected chi connectivity index (χ2v) is 6.58. The fraction of sp³-hybridized carbons (Fsp3) is 0.125. The summed E-state index contributed by atoms with van der Waals surface area (Å²) >= 11 is 0. The van der Waals surface area contributed by atoms with Crippen molar-refractivity contribution < 1.29 is 9.90 Å². The van der Waals surface area contributed by atoms with Gasteiger partial charge in [-0.3, -0.25) is 4.79 Å². The van der Waals surface area contributed by atoms with Crippen LogP contribution in [-0.4, -0.2) is 24.1 Å². The third kappa shape index (κ3) is 4.60. The van der Waals surface area contributed by atoms with Gasteiger partial charge in [0.05, 0.1) is 0 Å². The second-order valence-electron chi connectivity index (χ2n) is 6.58. The first-order chi connectivity index (χ1) is 13.6. The molecule has 3 N–H and O–H groups in total. The highest BCUT2D eigenvalue weighted by Crippen LogP contribution is 2.24. The molecule has 1 amide bonds. The number of allylic oxidation sites excluding steroid dienone is 3. The van der Waals surface area contributed by atoms with Gasteiger partial charge in [-0.05, 0) is 41.5 Å². The van der Waals surface area contributed by atoms with Crippen molar-refractivity contribution in [2.45, 2.75) is 6.92 Å². The lowest BCUT2D eigenvalue weighted by atomic mass is 10.0. The van der Waals surface area contributed by atoms with E-state index in [9.17, 15) is 9.90 Å². The molecule has 0 aliphatic heterocycles. The van der Waals surface area contributed by atoms with Gasteiger partial charge >= 0.3 is 0 Å². The quantitative estimate of drug-likeness (QED) is 0.423. The molecule has 142 valence electrons. The minimum absolute atomic E-state index is 0.0844. The Bertz CT molecular complexity index is 1030. The van der Waals surface area contributed by atoms with Crippen LogP contribution < -0.4 is 10.6 Å². The molecule has 0 saturated heterocycles. The van der Waals surface area contributed by atoms with Gasteiger partial charge in [-0.2, -0.15) is 0 Å². The maximum absolute atomic E-state index is 12.5. The van der Waals surface area contributed by atoms with Crippen LogP contribution in [0.1, 0.15) is 22.8 Å². The van der Waals surface area contributed by atoms with Gasteiger partial charge in [-0.1, -0.05) is 61.2 Å². The molecule has 0 unspecified atom stereocenters. The fourth-order valence-electron chi connectivity index (χ4n) is 3.09. The molecule has 0 radical (unpaired) electrons. The molecule has 0 heterocycles. The molecule has 0 spiro atoms. The third-order valence-electron chi connectivity index (χ3n) is 4.49. The monoisotopic (exact) mass is 372 g/mol. The molecule has 4 heteroatoms. The average molecular weight is 372 g/mol. The van der Waals surface area contributed by atoms with Crippen LogP contribution in [-0.2, 0) is 0 Å². The molecule has 28 heavy (non-hydrogen) atoms. The lowest BCUT2D eigenvalue weighted by Gasteiger charge is -2.11. The minimum Gasteiger partial charge on any atom is -0.507 e. The molecule has 0 aliphatic carbocycles. The minimum atomic E-state index is -0.0844. The number of carbonyl (C=O) groups is 1. The number of phenols is 1. The lowest BCUT2D eigenvalue weighted by molar-refractivity contribution is 0.0956. The van der Waals surface area contributed by atoms with Crippen LogP contribution in [0.15, 0.2) is 85.1 Å². The largest absolute Gasteiger partial charge is 0.507 e. The molecular weight excluding hydrogens is 348 g/mol. The van der Waals surface area contributed by atoms with E-state index in [2.05, 4.69) is 17.2 Å². The third-order valence-corrected chi connectivity index (χ3v) is 4.49. The maximum atomic E-state index is 12.5. The number of rotatable bonds is 7. The first kappa shape index (κ1) is 19.2. The van der Waals surface area contributed by atoms with E-state index in [1.54, 1.807) is 12.1 Å². The zero-order chi connectivity index (χ0) is 19.9. The molecule has 0 aromatic heterocycles. The summed E-state index contributed by atoms with van der Waals surface area (Å²) in [5, 5.41) is 18.1. The Morgan fingerprint density at radius 1 is 0.929 bits per heavy atom. The number of hydrogen-bond acceptors (Lipinski definition) is 3. The van der Waals surface area contributed by atoms with Gasteiger partial charge in [0.2, 0.25) is 0 Å². The Hall–Kier alpha value is -3.53. The number of phenolic OH excluding ortho intramolecular Hbond substituents is 1. The van der Waals surface area contributed by atoms with E-state index in [0.29, 0.717) is 24.2 Å². The van der Waals surface area contributed by atoms with Crippen LogP contribution in [0.2, 0.25) is 0 Å². The number of amides is 1. The van der Waals surface area contributed by atoms with E-state index in [1.807, 2.05) is 67.6 Å². The van der Waals surface area contributed by atoms with Crippen molar-refractivity contribution in [1.82, 2.24) is 10.6 Å². The Balaban J connectivity index is 1.53. The van der Waals surface area contributed by atoms with Gasteiger partial charge in [0.25, 0.3) is 5.91 Å². The van der Waals surface area contributed by atoms with Crippen LogP contribution in [0.4, 0.5) is 0 Å². The summed E-state index contributed by atoms with van der Waals surface area (Å²) < 4.78 is 0. The van der Waals surface area contributed by atoms with Gasteiger partial charge in [0.1, 0.15) is 5.75 Å². The number of carbonyl (C=O) groups excluding carboxylic acids is 1. The highest BCUT2D eigenvalue weighted by molar-refractivity contribution is 6.06. The van der Waals surface area contributed by atoms with E-state index < -0.39 is 0 Å². The topological polar surface area (TPSA) is 61.4 Å². The fourth-order valence-corrected chi connectivity index (χ4v) is 3.09. The van der Waals surface area contributed by atoms with Crippen LogP contribution in [0, 0.1) is 0 Å². The Labute approximate surface area is 165 Å². The highest BCUT2D eigenvalue weighted by Gasteiger charge is 2.08. The zero-order valence-corrected chi connectivity index (χ0v) is 15.9. The molecule has 0 saturated carbocycles. The van der Waals surface area contributed by atoms with Crippen molar-refractivity contribution in [2.24, 2.45) is 0 Å². The van der Waals surface area contributed by atoms with Crippen molar-refractivity contribution in [3.8, 4) is 5.75 Å². The number of benzene rings is 3. The van der Waals surface area contributed by atoms with Crippen LogP contribution in [0.3, 0.4) is 0 Å². The molecule has 3 rings (SSSR count). The number of nitrogens with one attached hydrogen (secondary N) is 2. The van der Waals surface area contributed by atoms with E-state index in [4.69, 9.17) is 0 Å². The maximum Gasteiger partial charge on any atom is 0.251 e. The first-order valence-electron chi connectivity index (χ1n) is 9.21. The van der Waals surface area contributed by atoms with Gasteiger partial charge in [-0.25, -0.2) is 0 Å². The predicted molar refractivity (Wildman–Crippen MR) is 115 cm³/mol. The number of hydrogen-bond donors (Lipinski definition) is 3. The van der Waals surface area contributed by atoms with Gasteiger partial charge < -0.3 is 15.7 Å². The summed E-state index contributed by atoms with van der Waals surface area (Å²) in [7, 11) is 0. The number of fused-ring (bicyclic) bond motifs is 1. The highest BCUT2D eigenvalue weighted by atomic mass is 16.3. The summed E-state index contributed by atoms with van der Waals surface area (Å²) in [6.45, 7) is 7.02. The molecular formula is C24H24N2O2. The zero-order valence-electron chi connectivity index (χ0n) is 15.9. The molecule has 0 fully saturated rings. The van der Waals surface area contributed by atoms with Crippen molar-refractivity contribution in [3.63, 3.8) is 0 Å². The van der Waals surface area contributed by atoms with Crippen LogP contribution in [0.5, 0.6) is 5.75 Å². The molecule has 4 nitrogen and oxygen atoms in total. The molecule has 3 aromatic rings. The summed E-state index contributed by atoms with van der Waals surface area (Å²) in [6, 6.07) is 20.7. The van der Waals surface area contributed by atoms with Crippen molar-refractivity contribution in [1.29, 1.82) is 0 Å². The Morgan fingerprint density at radius 3 is 2.39 bits per heavy atom. The molecule has 0 atom stereocenters. The summed E-state index contributed by atoms with van der Waals surface area (Å²) in [5.74, 6) is 0.123. The van der Waals surface area contributed by atoms with E-state index >= 15 is 0 Å². The predicted octanol–water partition coefficient (Wildman–Crippen LogP) is 4.48. The van der Waals surface area contributed by atoms with Crippen molar-refractivity contribution in [3.05, 3.63) is 96.2 Å². The smallest absolute Gasteiger partial charge is 0.251 e. The standard InChI is InChI=1S/C24H24N2O2/c1-17(20-10-5-6-13-23(20)27)16-18(2)25-14-15-26-24(28)22-12-7-9-19-8-3-4-11-21(19)22/h3-13,16,25,27H,1,14-15H2,2H3,(H,26,28)/b18-16+. The van der Waals surface area contributed by atoms with Gasteiger partial charge in [0, 0.05) is 29.9 Å². The normalized spacial score (nSPS) is 11.2. The summed E-state index contributed by atoms with van der Waals surface area (Å²) in [4.78, 5) is 12.5. The summed E-state index contributed by atoms with van der Waals surface area (Å²) in [6.07, 6.45) is 1.88. The van der Waals surface area contributed by atoms with E-state index in [1.165, 1.54) is 0 Å². The Morgan fingerprint density at radius 2 is 1.57 bits per heavy atom. The van der Waals surface area contributed by atoms with Crippen molar-refractivity contribution in [2.75, 3.05) is 13.1 Å². The Kier molecular flexibility index (Phi) is 6.12. The average Bonchev–Trinajstić information content (AvgIpc) is 2.71. The van der Waals surface area contributed by atoms with Gasteiger partial charge in [0.15, 0.2) is 0 Å². The molecule has 0 bridgehead atoms. The molecule has 0 aliphatic rings. The number of para-hydroxylation sites is 1. The molecule has 3 aromatic carbocycles. The van der Waals surface area contributed by atoms with Crippen molar-refractivity contribution >= 4 is 22.3 Å². The SMILES string of the molecule is C=C(/C=C(\C)NCCNC(=O)c1cccc2ccccc12)c1ccccc1O. The lowest BCUT2D eigenvalue weighted by Crippen LogP contribution is -2.31. The summed E-state index contributed by atoms with van der Waals surface area (Å²) in [5.41, 5.74) is 3.02.